The topological polar surface area (TPSA) is 55.1 Å². The molecule has 1 saturated heterocycles. The molecule has 7 heavy (non-hydrogen) atoms. The molecule has 1 heterocycles. The van der Waals surface area contributed by atoms with Crippen molar-refractivity contribution in [1.82, 2.24) is 5.32 Å². The number of nitrogens with one attached hydrogen (secondary N) is 1. The Balaban J connectivity index is 2.43. The standard InChI is InChI=1S/C3H5FN2O/c4-2-1(5)3(7)6-2/h1-2H,5H2,(H,6,7). The quantitative estimate of drug-likeness (QED) is 0.297. The Kier molecular flexibility index (Phi) is 0.751. The van der Waals surface area contributed by atoms with Gasteiger partial charge in [0.1, 0.15) is 6.04 Å². The Morgan fingerprint density at radius 2 is 2.43 bits per heavy atom. The van der Waals surface area contributed by atoms with Gasteiger partial charge in [-0.15, -0.1) is 0 Å². The zero-order valence-electron chi connectivity index (χ0n) is 3.52. The van der Waals surface area contributed by atoms with Gasteiger partial charge in [-0.1, -0.05) is 0 Å². The Morgan fingerprint density at radius 1 is 1.86 bits per heavy atom. The summed E-state index contributed by atoms with van der Waals surface area (Å²) in [5.41, 5.74) is 4.88. The van der Waals surface area contributed by atoms with Crippen LogP contribution in [0, 0.1) is 0 Å². The number of nitrogens with two attached hydrogens (primary N) is 1. The maximum atomic E-state index is 11.7. The summed E-state index contributed by atoms with van der Waals surface area (Å²) >= 11 is 0. The first kappa shape index (κ1) is 4.52. The van der Waals surface area contributed by atoms with E-state index in [1.165, 1.54) is 0 Å². The molecule has 40 valence electrons. The molecule has 1 aliphatic heterocycles. The van der Waals surface area contributed by atoms with Crippen molar-refractivity contribution in [3.8, 4) is 0 Å². The van der Waals surface area contributed by atoms with Crippen molar-refractivity contribution in [2.45, 2.75) is 12.3 Å². The smallest absolute Gasteiger partial charge is 0.244 e. The summed E-state index contributed by atoms with van der Waals surface area (Å²) in [5, 5.41) is 1.92. The van der Waals surface area contributed by atoms with E-state index < -0.39 is 18.2 Å². The van der Waals surface area contributed by atoms with Gasteiger partial charge in [-0.25, -0.2) is 4.39 Å². The number of alkyl halides is 1. The molecule has 1 aliphatic rings. The van der Waals surface area contributed by atoms with Crippen LogP contribution in [0.5, 0.6) is 0 Å². The summed E-state index contributed by atoms with van der Waals surface area (Å²) in [6.45, 7) is 0. The number of rotatable bonds is 0. The Hall–Kier alpha value is -0.640. The monoisotopic (exact) mass is 104 g/mol. The molecule has 3 N–H and O–H groups in total. The number of hydrogen-bond donors (Lipinski definition) is 2. The van der Waals surface area contributed by atoms with E-state index in [-0.39, 0.29) is 0 Å². The molecule has 2 atom stereocenters. The lowest BCUT2D eigenvalue weighted by Gasteiger charge is -2.26. The van der Waals surface area contributed by atoms with E-state index in [1.807, 2.05) is 5.32 Å². The first-order chi connectivity index (χ1) is 3.22. The van der Waals surface area contributed by atoms with Gasteiger partial charge in [-0.2, -0.15) is 0 Å². The van der Waals surface area contributed by atoms with E-state index in [0.717, 1.165) is 0 Å². The third-order valence-corrected chi connectivity index (χ3v) is 0.898. The van der Waals surface area contributed by atoms with Gasteiger partial charge in [0.2, 0.25) is 5.91 Å². The highest BCUT2D eigenvalue weighted by molar-refractivity contribution is 5.88. The van der Waals surface area contributed by atoms with Crippen molar-refractivity contribution in [3.05, 3.63) is 0 Å². The van der Waals surface area contributed by atoms with Gasteiger partial charge in [0, 0.05) is 0 Å². The molecule has 1 amide bonds. The average molecular weight is 104 g/mol. The summed E-state index contributed by atoms with van der Waals surface area (Å²) in [5.74, 6) is -0.410. The number of carbonyl (C=O) groups excluding carboxylic acids is 1. The van der Waals surface area contributed by atoms with Crippen LogP contribution in [0.3, 0.4) is 0 Å². The summed E-state index contributed by atoms with van der Waals surface area (Å²) in [6.07, 6.45) is -1.31. The van der Waals surface area contributed by atoms with Crippen molar-refractivity contribution in [2.75, 3.05) is 0 Å². The van der Waals surface area contributed by atoms with E-state index in [0.29, 0.717) is 0 Å². The van der Waals surface area contributed by atoms with Gasteiger partial charge in [-0.3, -0.25) is 4.79 Å². The number of amides is 1. The second kappa shape index (κ2) is 1.16. The molecule has 1 rings (SSSR count). The maximum Gasteiger partial charge on any atom is 0.244 e. The molecule has 4 heteroatoms. The molecule has 0 aliphatic carbocycles. The highest BCUT2D eigenvalue weighted by atomic mass is 19.1. The lowest BCUT2D eigenvalue weighted by Crippen LogP contribution is -2.64. The van der Waals surface area contributed by atoms with Crippen LogP contribution < -0.4 is 11.1 Å². The van der Waals surface area contributed by atoms with Gasteiger partial charge >= 0.3 is 0 Å². The van der Waals surface area contributed by atoms with Crippen LogP contribution in [0.2, 0.25) is 0 Å². The van der Waals surface area contributed by atoms with Crippen molar-refractivity contribution in [2.24, 2.45) is 5.73 Å². The first-order valence-corrected chi connectivity index (χ1v) is 1.92. The van der Waals surface area contributed by atoms with Crippen LogP contribution >= 0.6 is 0 Å². The molecule has 1 fully saturated rings. The molecule has 0 radical (unpaired) electrons. The van der Waals surface area contributed by atoms with Gasteiger partial charge < -0.3 is 11.1 Å². The fourth-order valence-electron chi connectivity index (χ4n) is 0.359. The highest BCUT2D eigenvalue weighted by Crippen LogP contribution is 2.02. The normalized spacial score (nSPS) is 39.4. The minimum Gasteiger partial charge on any atom is -0.323 e. The summed E-state index contributed by atoms with van der Waals surface area (Å²) < 4.78 is 11.7. The predicted molar refractivity (Wildman–Crippen MR) is 21.0 cm³/mol. The van der Waals surface area contributed by atoms with Gasteiger partial charge in [0.15, 0.2) is 6.30 Å². The molecule has 2 unspecified atom stereocenters. The summed E-state index contributed by atoms with van der Waals surface area (Å²) in [7, 11) is 0. The van der Waals surface area contributed by atoms with Crippen molar-refractivity contribution >= 4 is 5.91 Å². The second-order valence-electron chi connectivity index (χ2n) is 1.44. The largest absolute Gasteiger partial charge is 0.323 e. The number of halogens is 1. The molecular formula is C3H5FN2O. The molecule has 0 aromatic heterocycles. The van der Waals surface area contributed by atoms with Crippen LogP contribution in [0.4, 0.5) is 4.39 Å². The molecule has 0 aromatic rings. The molecule has 0 aromatic carbocycles. The lowest BCUT2D eigenvalue weighted by molar-refractivity contribution is -0.134. The Labute approximate surface area is 39.7 Å². The predicted octanol–water partition coefficient (Wildman–Crippen LogP) is -1.26. The average Bonchev–Trinajstić information content (AvgIpc) is 1.68. The van der Waals surface area contributed by atoms with Crippen molar-refractivity contribution in [1.29, 1.82) is 0 Å². The third-order valence-electron chi connectivity index (χ3n) is 0.898. The minimum atomic E-state index is -1.31. The Morgan fingerprint density at radius 3 is 2.43 bits per heavy atom. The van der Waals surface area contributed by atoms with E-state index in [4.69, 9.17) is 5.73 Å². The molecule has 3 nitrogen and oxygen atoms in total. The van der Waals surface area contributed by atoms with Crippen LogP contribution in [-0.4, -0.2) is 18.2 Å². The zero-order valence-corrected chi connectivity index (χ0v) is 3.52. The summed E-state index contributed by atoms with van der Waals surface area (Å²) in [6, 6.07) is -0.917. The maximum absolute atomic E-state index is 11.7. The van der Waals surface area contributed by atoms with Gasteiger partial charge in [-0.05, 0) is 0 Å². The van der Waals surface area contributed by atoms with E-state index in [1.54, 1.807) is 0 Å². The highest BCUT2D eigenvalue weighted by Gasteiger charge is 2.35. The summed E-state index contributed by atoms with van der Waals surface area (Å²) in [4.78, 5) is 9.96. The first-order valence-electron chi connectivity index (χ1n) is 1.92. The van der Waals surface area contributed by atoms with E-state index in [2.05, 4.69) is 0 Å². The Bertz CT molecular complexity index is 105. The fraction of sp³-hybridized carbons (Fsp3) is 0.667. The number of carbonyl (C=O) groups is 1. The van der Waals surface area contributed by atoms with Crippen molar-refractivity contribution < 1.29 is 9.18 Å². The van der Waals surface area contributed by atoms with E-state index in [9.17, 15) is 9.18 Å². The number of hydrogen-bond acceptors (Lipinski definition) is 2. The molecule has 0 bridgehead atoms. The van der Waals surface area contributed by atoms with Crippen LogP contribution in [0.1, 0.15) is 0 Å². The van der Waals surface area contributed by atoms with Crippen LogP contribution in [0.15, 0.2) is 0 Å². The van der Waals surface area contributed by atoms with Crippen LogP contribution in [-0.2, 0) is 4.79 Å². The zero-order chi connectivity index (χ0) is 5.44. The van der Waals surface area contributed by atoms with Gasteiger partial charge in [0.05, 0.1) is 0 Å². The fourth-order valence-corrected chi connectivity index (χ4v) is 0.359. The molecule has 0 spiro atoms. The van der Waals surface area contributed by atoms with E-state index >= 15 is 0 Å². The van der Waals surface area contributed by atoms with Gasteiger partial charge in [0.25, 0.3) is 0 Å². The minimum absolute atomic E-state index is 0.410. The third kappa shape index (κ3) is 0.469. The lowest BCUT2D eigenvalue weighted by atomic mass is 10.1. The SMILES string of the molecule is NC1C(=O)NC1F. The molecule has 0 saturated carbocycles. The van der Waals surface area contributed by atoms with Crippen molar-refractivity contribution in [3.63, 3.8) is 0 Å². The number of β-lactam (4-membered cyclic amide) rings is 1. The second-order valence-corrected chi connectivity index (χ2v) is 1.44. The van der Waals surface area contributed by atoms with Crippen LogP contribution in [0.25, 0.3) is 0 Å². The molecular weight excluding hydrogens is 99.0 g/mol.